The van der Waals surface area contributed by atoms with Crippen molar-refractivity contribution in [2.75, 3.05) is 18.0 Å². The molecule has 1 fully saturated rings. The monoisotopic (exact) mass is 300 g/mol. The van der Waals surface area contributed by atoms with Crippen molar-refractivity contribution in [3.63, 3.8) is 0 Å². The molecule has 112 valence electrons. The highest BCUT2D eigenvalue weighted by Crippen LogP contribution is 2.31. The minimum absolute atomic E-state index is 0.434. The molecule has 2 aromatic rings. The summed E-state index contributed by atoms with van der Waals surface area (Å²) in [6.45, 7) is 6.73. The third-order valence-corrected chi connectivity index (χ3v) is 4.84. The summed E-state index contributed by atoms with van der Waals surface area (Å²) in [5, 5.41) is 8.20. The van der Waals surface area contributed by atoms with Crippen molar-refractivity contribution in [2.24, 2.45) is 5.92 Å². The number of benzene rings is 1. The summed E-state index contributed by atoms with van der Waals surface area (Å²) >= 11 is 1.78. The van der Waals surface area contributed by atoms with E-state index in [9.17, 15) is 0 Å². The van der Waals surface area contributed by atoms with Crippen LogP contribution < -0.4 is 10.2 Å². The summed E-state index contributed by atoms with van der Waals surface area (Å²) in [4.78, 5) is 2.58. The SMILES string of the molecule is CC(C)CC1CN(c2ccsc2)C(c2ccccc2)CN1. The van der Waals surface area contributed by atoms with Crippen LogP contribution in [0.2, 0.25) is 0 Å². The van der Waals surface area contributed by atoms with Gasteiger partial charge in [0.2, 0.25) is 0 Å². The summed E-state index contributed by atoms with van der Waals surface area (Å²) in [5.41, 5.74) is 2.77. The molecule has 0 aliphatic carbocycles. The van der Waals surface area contributed by atoms with Crippen LogP contribution in [0.25, 0.3) is 0 Å². The molecule has 1 aromatic carbocycles. The smallest absolute Gasteiger partial charge is 0.0668 e. The fourth-order valence-electron chi connectivity index (χ4n) is 3.22. The van der Waals surface area contributed by atoms with Gasteiger partial charge in [0.05, 0.1) is 6.04 Å². The van der Waals surface area contributed by atoms with Crippen LogP contribution in [0, 0.1) is 5.92 Å². The van der Waals surface area contributed by atoms with Gasteiger partial charge in [0.15, 0.2) is 0 Å². The molecule has 2 nitrogen and oxygen atoms in total. The van der Waals surface area contributed by atoms with Crippen LogP contribution in [0.15, 0.2) is 47.2 Å². The zero-order valence-corrected chi connectivity index (χ0v) is 13.6. The van der Waals surface area contributed by atoms with Crippen LogP contribution in [0.4, 0.5) is 5.69 Å². The van der Waals surface area contributed by atoms with Gasteiger partial charge in [-0.15, -0.1) is 0 Å². The molecule has 21 heavy (non-hydrogen) atoms. The molecule has 0 radical (unpaired) electrons. The van der Waals surface area contributed by atoms with Gasteiger partial charge in [-0.25, -0.2) is 0 Å². The molecular weight excluding hydrogens is 276 g/mol. The van der Waals surface area contributed by atoms with Crippen molar-refractivity contribution in [1.29, 1.82) is 0 Å². The van der Waals surface area contributed by atoms with Crippen molar-refractivity contribution >= 4 is 17.0 Å². The first-order valence-corrected chi connectivity index (χ1v) is 8.75. The summed E-state index contributed by atoms with van der Waals surface area (Å²) in [7, 11) is 0. The summed E-state index contributed by atoms with van der Waals surface area (Å²) in [6, 6.07) is 14.1. The molecule has 0 amide bonds. The Kier molecular flexibility index (Phi) is 4.61. The Morgan fingerprint density at radius 2 is 2.05 bits per heavy atom. The molecule has 1 N–H and O–H groups in total. The Labute approximate surface area is 131 Å². The Morgan fingerprint density at radius 3 is 2.71 bits per heavy atom. The molecule has 1 saturated heterocycles. The van der Waals surface area contributed by atoms with E-state index in [4.69, 9.17) is 0 Å². The predicted molar refractivity (Wildman–Crippen MR) is 92.1 cm³/mol. The van der Waals surface area contributed by atoms with E-state index in [-0.39, 0.29) is 0 Å². The van der Waals surface area contributed by atoms with Crippen molar-refractivity contribution in [3.05, 3.63) is 52.7 Å². The maximum absolute atomic E-state index is 3.75. The van der Waals surface area contributed by atoms with Gasteiger partial charge in [-0.3, -0.25) is 0 Å². The number of thiophene rings is 1. The van der Waals surface area contributed by atoms with E-state index in [1.165, 1.54) is 17.7 Å². The number of hydrogen-bond acceptors (Lipinski definition) is 3. The van der Waals surface area contributed by atoms with Crippen molar-refractivity contribution in [3.8, 4) is 0 Å². The molecule has 2 unspecified atom stereocenters. The number of nitrogens with one attached hydrogen (secondary N) is 1. The maximum Gasteiger partial charge on any atom is 0.0668 e. The zero-order valence-electron chi connectivity index (χ0n) is 12.8. The van der Waals surface area contributed by atoms with Gasteiger partial charge in [0.25, 0.3) is 0 Å². The highest BCUT2D eigenvalue weighted by molar-refractivity contribution is 7.08. The second-order valence-corrected chi connectivity index (χ2v) is 7.08. The predicted octanol–water partition coefficient (Wildman–Crippen LogP) is 4.31. The minimum Gasteiger partial charge on any atom is -0.361 e. The van der Waals surface area contributed by atoms with E-state index in [1.807, 2.05) is 0 Å². The second kappa shape index (κ2) is 6.63. The van der Waals surface area contributed by atoms with Crippen molar-refractivity contribution in [2.45, 2.75) is 32.4 Å². The summed E-state index contributed by atoms with van der Waals surface area (Å²) in [6.07, 6.45) is 1.24. The standard InChI is InChI=1S/C18H24N2S/c1-14(2)10-16-12-20(17-8-9-21-13-17)18(11-19-16)15-6-4-3-5-7-15/h3-9,13-14,16,18-19H,10-12H2,1-2H3. The van der Waals surface area contributed by atoms with Crippen LogP contribution in [-0.4, -0.2) is 19.1 Å². The first-order valence-electron chi connectivity index (χ1n) is 7.81. The Balaban J connectivity index is 1.83. The lowest BCUT2D eigenvalue weighted by atomic mass is 9.96. The van der Waals surface area contributed by atoms with Gasteiger partial charge >= 0.3 is 0 Å². The van der Waals surface area contributed by atoms with Gasteiger partial charge in [0.1, 0.15) is 0 Å². The normalized spacial score (nSPS) is 22.7. The topological polar surface area (TPSA) is 15.3 Å². The lowest BCUT2D eigenvalue weighted by Gasteiger charge is -2.42. The number of anilines is 1. The lowest BCUT2D eigenvalue weighted by molar-refractivity contribution is 0.350. The number of hydrogen-bond donors (Lipinski definition) is 1. The van der Waals surface area contributed by atoms with Gasteiger partial charge in [-0.1, -0.05) is 44.2 Å². The summed E-state index contributed by atoms with van der Waals surface area (Å²) in [5.74, 6) is 0.736. The number of nitrogens with zero attached hydrogens (tertiary/aromatic N) is 1. The molecular formula is C18H24N2S. The van der Waals surface area contributed by atoms with Crippen molar-refractivity contribution in [1.82, 2.24) is 5.32 Å². The Hall–Kier alpha value is -1.32. The van der Waals surface area contributed by atoms with E-state index < -0.39 is 0 Å². The summed E-state index contributed by atoms with van der Waals surface area (Å²) < 4.78 is 0. The average molecular weight is 300 g/mol. The minimum atomic E-state index is 0.434. The third kappa shape index (κ3) is 3.47. The Bertz CT molecular complexity index is 536. The molecule has 3 rings (SSSR count). The molecule has 0 bridgehead atoms. The van der Waals surface area contributed by atoms with Gasteiger partial charge < -0.3 is 10.2 Å². The van der Waals surface area contributed by atoms with Crippen LogP contribution in [0.3, 0.4) is 0 Å². The molecule has 2 atom stereocenters. The zero-order chi connectivity index (χ0) is 14.7. The molecule has 1 aliphatic rings. The third-order valence-electron chi connectivity index (χ3n) is 4.17. The quantitative estimate of drug-likeness (QED) is 0.905. The highest BCUT2D eigenvalue weighted by atomic mass is 32.1. The fraction of sp³-hybridized carbons (Fsp3) is 0.444. The van der Waals surface area contributed by atoms with E-state index >= 15 is 0 Å². The van der Waals surface area contributed by atoms with E-state index in [0.717, 1.165) is 19.0 Å². The van der Waals surface area contributed by atoms with Crippen LogP contribution >= 0.6 is 11.3 Å². The lowest BCUT2D eigenvalue weighted by Crippen LogP contribution is -2.52. The second-order valence-electron chi connectivity index (χ2n) is 6.30. The van der Waals surface area contributed by atoms with E-state index in [1.54, 1.807) is 11.3 Å². The number of rotatable bonds is 4. The van der Waals surface area contributed by atoms with Crippen molar-refractivity contribution < 1.29 is 0 Å². The van der Waals surface area contributed by atoms with E-state index in [0.29, 0.717) is 12.1 Å². The largest absolute Gasteiger partial charge is 0.361 e. The number of piperazine rings is 1. The van der Waals surface area contributed by atoms with Crippen LogP contribution in [-0.2, 0) is 0 Å². The molecule has 0 saturated carbocycles. The van der Waals surface area contributed by atoms with Gasteiger partial charge in [-0.2, -0.15) is 11.3 Å². The maximum atomic E-state index is 3.75. The Morgan fingerprint density at radius 1 is 1.24 bits per heavy atom. The van der Waals surface area contributed by atoms with Gasteiger partial charge in [-0.05, 0) is 29.3 Å². The first kappa shape index (κ1) is 14.6. The van der Waals surface area contributed by atoms with E-state index in [2.05, 4.69) is 71.2 Å². The molecule has 1 aromatic heterocycles. The van der Waals surface area contributed by atoms with Crippen LogP contribution in [0.1, 0.15) is 31.9 Å². The molecule has 0 spiro atoms. The fourth-order valence-corrected chi connectivity index (χ4v) is 3.87. The average Bonchev–Trinajstić information content (AvgIpc) is 3.01. The molecule has 3 heteroatoms. The first-order chi connectivity index (χ1) is 10.2. The van der Waals surface area contributed by atoms with Crippen LogP contribution in [0.5, 0.6) is 0 Å². The van der Waals surface area contributed by atoms with Gasteiger partial charge in [0, 0.05) is 30.2 Å². The molecule has 2 heterocycles. The highest BCUT2D eigenvalue weighted by Gasteiger charge is 2.29. The molecule has 1 aliphatic heterocycles.